The van der Waals surface area contributed by atoms with Gasteiger partial charge in [0.05, 0.1) is 159 Å². The number of aliphatic hydroxyl groups is 20. The number of aliphatic hydroxyl groups excluding tert-OH is 18. The van der Waals surface area contributed by atoms with Crippen LogP contribution in [0.3, 0.4) is 0 Å². The zero-order valence-electron chi connectivity index (χ0n) is 75.7. The van der Waals surface area contributed by atoms with Gasteiger partial charge < -0.3 is 162 Å². The molecule has 0 aliphatic carbocycles. The molecule has 0 amide bonds. The van der Waals surface area contributed by atoms with Crippen LogP contribution in [0.2, 0.25) is 0 Å². The predicted octanol–water partition coefficient (Wildman–Crippen LogP) is 1.87. The van der Waals surface area contributed by atoms with E-state index in [0.717, 1.165) is 25.7 Å². The lowest BCUT2D eigenvalue weighted by atomic mass is 9.82. The van der Waals surface area contributed by atoms with Gasteiger partial charge in [0, 0.05) is 62.2 Å². The minimum atomic E-state index is -2.35. The molecular weight excluding hydrogens is 1700 g/mol. The Morgan fingerprint density at radius 1 is 0.346 bits per heavy atom. The smallest absolute Gasteiger partial charge is 0.311 e. The number of esters is 2. The summed E-state index contributed by atoms with van der Waals surface area (Å²) in [6.45, 7) is 13.6. The summed E-state index contributed by atoms with van der Waals surface area (Å²) in [5.41, 5.74) is 12.0. The van der Waals surface area contributed by atoms with Gasteiger partial charge in [-0.25, -0.2) is 0 Å². The lowest BCUT2D eigenvalue weighted by Gasteiger charge is -2.45. The molecule has 0 unspecified atom stereocenters. The number of ether oxygens (including phenoxy) is 8. The van der Waals surface area contributed by atoms with Crippen LogP contribution in [-0.2, 0) is 57.1 Å². The molecule has 6 heterocycles. The number of rotatable bonds is 6. The summed E-state index contributed by atoms with van der Waals surface area (Å²) < 4.78 is 46.3. The maximum Gasteiger partial charge on any atom is 0.311 e. The number of carbonyl (C=O) groups is 4. The van der Waals surface area contributed by atoms with Gasteiger partial charge in [-0.15, -0.1) is 0 Å². The van der Waals surface area contributed by atoms with Crippen LogP contribution in [0.25, 0.3) is 0 Å². The first-order valence-electron chi connectivity index (χ1n) is 45.3. The number of aliphatic carboxylic acids is 2. The molecule has 0 saturated carbocycles. The molecule has 0 aromatic carbocycles. The number of carboxylic acids is 2. The normalized spacial score (nSPS) is 45.2. The van der Waals surface area contributed by atoms with Crippen LogP contribution in [0.5, 0.6) is 0 Å². The Kier molecular flexibility index (Phi) is 50.5. The van der Waals surface area contributed by atoms with Crippen molar-refractivity contribution in [3.8, 4) is 0 Å². The molecule has 4 saturated heterocycles. The maximum atomic E-state index is 12.6. The minimum absolute atomic E-state index is 0.138. The number of nitrogens with two attached hydrogens (primary N) is 2. The first-order valence-corrected chi connectivity index (χ1v) is 45.3. The molecule has 36 heteroatoms. The highest BCUT2D eigenvalue weighted by molar-refractivity contribution is 5.72. The van der Waals surface area contributed by atoms with Crippen LogP contribution in [-0.4, -0.2) is 331 Å². The summed E-state index contributed by atoms with van der Waals surface area (Å²) in [5.74, 6) is -13.6. The van der Waals surface area contributed by atoms with Gasteiger partial charge >= 0.3 is 23.9 Å². The molecule has 0 spiro atoms. The van der Waals surface area contributed by atoms with Crippen LogP contribution in [0.4, 0.5) is 0 Å². The molecule has 0 radical (unpaired) electrons. The Balaban J connectivity index is 0.000000460. The average molecular weight is 1850 g/mol. The molecule has 740 valence electrons. The molecule has 38 atom stereocenters. The first-order chi connectivity index (χ1) is 61.2. The third-order valence-corrected chi connectivity index (χ3v) is 24.5. The van der Waals surface area contributed by atoms with Crippen LogP contribution in [0, 0.1) is 35.5 Å². The second kappa shape index (κ2) is 57.5. The average Bonchev–Trinajstić information content (AvgIpc) is 0.784. The topological polar surface area (TPSA) is 639 Å². The Hall–Kier alpha value is -6.36. The summed E-state index contributed by atoms with van der Waals surface area (Å²) in [4.78, 5) is 50.2. The number of carboxylic acid groups (broad SMARTS) is 2. The molecule has 6 aliphatic heterocycles. The quantitative estimate of drug-likeness (QED) is 0.169. The lowest BCUT2D eigenvalue weighted by molar-refractivity contribution is -0.311. The van der Waals surface area contributed by atoms with E-state index in [1.807, 2.05) is 98.9 Å². The van der Waals surface area contributed by atoms with E-state index < -0.39 is 281 Å². The van der Waals surface area contributed by atoms with Crippen LogP contribution >= 0.6 is 0 Å². The van der Waals surface area contributed by atoms with E-state index in [-0.39, 0.29) is 76.0 Å². The van der Waals surface area contributed by atoms with Crippen LogP contribution < -0.4 is 11.5 Å². The fourth-order valence-electron chi connectivity index (χ4n) is 16.2. The van der Waals surface area contributed by atoms with Gasteiger partial charge in [-0.3, -0.25) is 19.2 Å². The van der Waals surface area contributed by atoms with Crippen LogP contribution in [0.15, 0.2) is 146 Å². The predicted molar refractivity (Wildman–Crippen MR) is 474 cm³/mol. The van der Waals surface area contributed by atoms with E-state index in [4.69, 9.17) is 49.4 Å². The van der Waals surface area contributed by atoms with Crippen molar-refractivity contribution in [1.82, 2.24) is 0 Å². The number of fused-ring (bicyclic) bond motifs is 4. The zero-order chi connectivity index (χ0) is 96.9. The van der Waals surface area contributed by atoms with Gasteiger partial charge in [0.15, 0.2) is 24.2 Å². The fraction of sp³-hybridized carbons (Fsp3) is 0.702. The summed E-state index contributed by atoms with van der Waals surface area (Å²) in [6, 6.07) is -2.29. The standard InChI is InChI=1S/2C47H75NO17/c2*1-27-17-15-13-11-9-7-5-6-8-10-12-14-16-18-34(64-46-44(58)41(48)43(57)30(4)63-46)24-38-40(45(59)60)37(54)26-47(61,65-38)25-36(53)35(52)20-19-31(49)21-32(50)22-33(51)23-39(55)62-29(3)28(2)42(27)56/h2*5-6,8,10-18,27-38,40-44,46,49-54,56-58,61H,7,9,19-26,48H2,1-4H3,(H,59,60)/b2*6-5+,10-8+,13-11+,14-12+,17-15+,18-16+/t2*27-,28-,29-,30+,31+,32+,33+,34-,35+,36+,37-,38-,40+,41-,42+,43+,44-,46-,47+/m00/s1. The molecular formula is C94H150N2O34. The second-order valence-electron chi connectivity index (χ2n) is 35.7. The zero-order valence-corrected chi connectivity index (χ0v) is 75.7. The fourth-order valence-corrected chi connectivity index (χ4v) is 16.2. The van der Waals surface area contributed by atoms with E-state index in [1.165, 1.54) is 26.0 Å². The van der Waals surface area contributed by atoms with Crippen molar-refractivity contribution in [2.24, 2.45) is 47.0 Å². The van der Waals surface area contributed by atoms with E-state index in [2.05, 4.69) is 0 Å². The van der Waals surface area contributed by atoms with E-state index >= 15 is 0 Å². The first kappa shape index (κ1) is 114. The number of allylic oxidation sites excluding steroid dienone is 20. The van der Waals surface area contributed by atoms with Crippen molar-refractivity contribution in [1.29, 1.82) is 0 Å². The van der Waals surface area contributed by atoms with Gasteiger partial charge in [0.1, 0.15) is 36.3 Å². The molecule has 36 nitrogen and oxygen atoms in total. The maximum absolute atomic E-state index is 12.6. The third kappa shape index (κ3) is 39.5. The minimum Gasteiger partial charge on any atom is -0.481 e. The van der Waals surface area contributed by atoms with E-state index in [1.54, 1.807) is 76.3 Å². The van der Waals surface area contributed by atoms with Crippen molar-refractivity contribution in [3.05, 3.63) is 146 Å². The number of cyclic esters (lactones) is 2. The van der Waals surface area contributed by atoms with Gasteiger partial charge in [0.25, 0.3) is 0 Å². The van der Waals surface area contributed by atoms with Gasteiger partial charge in [-0.1, -0.05) is 174 Å². The number of hydrogen-bond acceptors (Lipinski definition) is 34. The number of carbonyl (C=O) groups excluding carboxylic acids is 2. The molecule has 0 aromatic heterocycles. The van der Waals surface area contributed by atoms with Crippen molar-refractivity contribution >= 4 is 23.9 Å². The molecule has 4 fully saturated rings. The Morgan fingerprint density at radius 3 is 0.969 bits per heavy atom. The van der Waals surface area contributed by atoms with Crippen molar-refractivity contribution < 1.29 is 169 Å². The van der Waals surface area contributed by atoms with Crippen molar-refractivity contribution in [2.75, 3.05) is 0 Å². The summed E-state index contributed by atoms with van der Waals surface area (Å²) in [6.07, 6.45) is 4.57. The summed E-state index contributed by atoms with van der Waals surface area (Å²) >= 11 is 0. The van der Waals surface area contributed by atoms with E-state index in [9.17, 15) is 132 Å². The third-order valence-electron chi connectivity index (χ3n) is 24.5. The Labute approximate surface area is 761 Å². The monoisotopic (exact) mass is 1850 g/mol. The largest absolute Gasteiger partial charge is 0.481 e. The highest BCUT2D eigenvalue weighted by atomic mass is 16.7. The molecule has 0 aromatic rings. The van der Waals surface area contributed by atoms with Gasteiger partial charge in [-0.05, 0) is 105 Å². The highest BCUT2D eigenvalue weighted by Crippen LogP contribution is 2.41. The summed E-state index contributed by atoms with van der Waals surface area (Å²) in [5, 5.41) is 236. The van der Waals surface area contributed by atoms with Gasteiger partial charge in [-0.2, -0.15) is 0 Å². The second-order valence-corrected chi connectivity index (χ2v) is 35.7. The van der Waals surface area contributed by atoms with E-state index in [0.29, 0.717) is 0 Å². The molecule has 130 heavy (non-hydrogen) atoms. The SMILES string of the molecule is C[C@@H]1[C@H](O)[C@@H](C)/C=C/C=C/CC/C=C/C=C/C=C/C=C/[C@H](O[C@@H]2O[C@H](C)[C@@H](O)[C@H](N)[C@@H]2O)C[C@@H]2O[C@](O)(C[C@@H](O)[C@H](O)CC[C@@H](O)C[C@@H](O)C[C@@H](O)CC(=O)O[C@H]1C)C[C@H](O)[C@H]2C(=O)O.C[C@@H]1[C@H](O)[C@@H](C)/C=C/C=C/CC/C=C/C=C/C=C/C=C/[C@H](O[C@@H]2O[C@H](C)[C@@H](O)[C@H](N)[C@@H]2O)C[C@@H]2O[C@](O)(C[C@@H](O)[C@H](O)CC[C@@H](O)C[C@@H](O)C[C@@H](O)CC(=O)O[C@H]1C)C[C@H](O)[C@H]2C(=O)O. The Morgan fingerprint density at radius 2 is 0.638 bits per heavy atom. The lowest BCUT2D eigenvalue weighted by Crippen LogP contribution is -2.61. The Bertz CT molecular complexity index is 3470. The van der Waals surface area contributed by atoms with Crippen LogP contribution in [0.1, 0.15) is 184 Å². The number of hydrogen-bond donors (Lipinski definition) is 24. The highest BCUT2D eigenvalue weighted by Gasteiger charge is 2.54. The summed E-state index contributed by atoms with van der Waals surface area (Å²) in [7, 11) is 0. The van der Waals surface area contributed by atoms with Crippen molar-refractivity contribution in [3.63, 3.8) is 0 Å². The van der Waals surface area contributed by atoms with Crippen molar-refractivity contribution in [2.45, 2.75) is 379 Å². The molecule has 6 aliphatic rings. The molecule has 26 N–H and O–H groups in total. The van der Waals surface area contributed by atoms with Gasteiger partial charge in [0.2, 0.25) is 0 Å². The molecule has 4 bridgehead atoms. The molecule has 6 rings (SSSR count).